The number of aromatic nitrogens is 1. The predicted molar refractivity (Wildman–Crippen MR) is 78.7 cm³/mol. The van der Waals surface area contributed by atoms with Gasteiger partial charge in [-0.05, 0) is 24.6 Å². The second kappa shape index (κ2) is 6.83. The van der Waals surface area contributed by atoms with Gasteiger partial charge in [-0.25, -0.2) is 9.37 Å². The highest BCUT2D eigenvalue weighted by Gasteiger charge is 2.14. The van der Waals surface area contributed by atoms with Crippen LogP contribution in [0.15, 0.2) is 42.6 Å². The average Bonchev–Trinajstić information content (AvgIpc) is 2.46. The van der Waals surface area contributed by atoms with Gasteiger partial charge in [0, 0.05) is 24.8 Å². The van der Waals surface area contributed by atoms with Crippen molar-refractivity contribution >= 4 is 11.8 Å². The van der Waals surface area contributed by atoms with Gasteiger partial charge in [0.15, 0.2) is 0 Å². The van der Waals surface area contributed by atoms with Gasteiger partial charge in [-0.1, -0.05) is 24.3 Å². The second-order valence-corrected chi connectivity index (χ2v) is 4.80. The van der Waals surface area contributed by atoms with E-state index in [-0.39, 0.29) is 25.3 Å². The van der Waals surface area contributed by atoms with E-state index in [0.717, 1.165) is 5.56 Å². The lowest BCUT2D eigenvalue weighted by atomic mass is 10.1. The molecule has 0 saturated heterocycles. The van der Waals surface area contributed by atoms with E-state index in [1.807, 2.05) is 19.1 Å². The Morgan fingerprint density at radius 2 is 2.05 bits per heavy atom. The van der Waals surface area contributed by atoms with Crippen molar-refractivity contribution in [1.29, 1.82) is 0 Å². The first-order valence-electron chi connectivity index (χ1n) is 6.69. The van der Waals surface area contributed by atoms with Gasteiger partial charge in [-0.2, -0.15) is 0 Å². The summed E-state index contributed by atoms with van der Waals surface area (Å²) >= 11 is 0. The molecule has 0 spiro atoms. The van der Waals surface area contributed by atoms with Crippen molar-refractivity contribution in [3.05, 3.63) is 59.5 Å². The molecule has 4 nitrogen and oxygen atoms in total. The summed E-state index contributed by atoms with van der Waals surface area (Å²) in [4.78, 5) is 16.9. The van der Waals surface area contributed by atoms with Crippen LogP contribution in [0, 0.1) is 12.7 Å². The number of carboxylic acid groups (broad SMARTS) is 1. The lowest BCUT2D eigenvalue weighted by molar-refractivity contribution is -0.136. The second-order valence-electron chi connectivity index (χ2n) is 4.80. The molecule has 0 aliphatic heterocycles. The lowest BCUT2D eigenvalue weighted by Gasteiger charge is -2.25. The zero-order chi connectivity index (χ0) is 15.2. The summed E-state index contributed by atoms with van der Waals surface area (Å²) in [6, 6.07) is 10.2. The molecule has 1 N–H and O–H groups in total. The van der Waals surface area contributed by atoms with E-state index in [2.05, 4.69) is 4.98 Å². The predicted octanol–water partition coefficient (Wildman–Crippen LogP) is 3.01. The highest BCUT2D eigenvalue weighted by atomic mass is 19.1. The van der Waals surface area contributed by atoms with E-state index in [1.54, 1.807) is 29.3 Å². The molecule has 1 heterocycles. The number of nitrogens with zero attached hydrogens (tertiary/aromatic N) is 2. The smallest absolute Gasteiger partial charge is 0.305 e. The van der Waals surface area contributed by atoms with Gasteiger partial charge in [-0.15, -0.1) is 0 Å². The third-order valence-corrected chi connectivity index (χ3v) is 3.20. The van der Waals surface area contributed by atoms with Crippen LogP contribution < -0.4 is 4.90 Å². The molecule has 21 heavy (non-hydrogen) atoms. The Labute approximate surface area is 122 Å². The number of hydrogen-bond donors (Lipinski definition) is 1. The Balaban J connectivity index is 2.26. The molecule has 0 aliphatic rings. The summed E-state index contributed by atoms with van der Waals surface area (Å²) in [5.74, 6) is -0.504. The molecule has 0 fully saturated rings. The van der Waals surface area contributed by atoms with Gasteiger partial charge in [0.2, 0.25) is 0 Å². The lowest BCUT2D eigenvalue weighted by Crippen LogP contribution is -2.27. The number of rotatable bonds is 6. The number of pyridine rings is 1. The third kappa shape index (κ3) is 4.02. The third-order valence-electron chi connectivity index (χ3n) is 3.20. The average molecular weight is 288 g/mol. The van der Waals surface area contributed by atoms with Crippen molar-refractivity contribution in [2.75, 3.05) is 11.4 Å². The Hall–Kier alpha value is -2.43. The van der Waals surface area contributed by atoms with E-state index >= 15 is 0 Å². The van der Waals surface area contributed by atoms with Crippen LogP contribution >= 0.6 is 0 Å². The van der Waals surface area contributed by atoms with Crippen LogP contribution in [0.1, 0.15) is 17.5 Å². The summed E-state index contributed by atoms with van der Waals surface area (Å²) in [5.41, 5.74) is 1.45. The molecular weight excluding hydrogens is 271 g/mol. The molecule has 5 heteroatoms. The first kappa shape index (κ1) is 15.0. The summed E-state index contributed by atoms with van der Waals surface area (Å²) in [6.07, 6.45) is 1.63. The van der Waals surface area contributed by atoms with Gasteiger partial charge in [0.25, 0.3) is 0 Å². The normalized spacial score (nSPS) is 10.4. The number of hydrogen-bond acceptors (Lipinski definition) is 3. The highest BCUT2D eigenvalue weighted by Crippen LogP contribution is 2.20. The van der Waals surface area contributed by atoms with Crippen molar-refractivity contribution < 1.29 is 14.3 Å². The fourth-order valence-electron chi connectivity index (χ4n) is 2.13. The molecule has 0 unspecified atom stereocenters. The monoisotopic (exact) mass is 288 g/mol. The largest absolute Gasteiger partial charge is 0.481 e. The SMILES string of the molecule is Cc1cccnc1N(CCC(=O)O)Cc1ccccc1F. The Morgan fingerprint density at radius 1 is 1.29 bits per heavy atom. The molecule has 110 valence electrons. The van der Waals surface area contributed by atoms with Crippen LogP contribution in [0.25, 0.3) is 0 Å². The summed E-state index contributed by atoms with van der Waals surface area (Å²) in [5, 5.41) is 8.88. The molecule has 0 saturated carbocycles. The van der Waals surface area contributed by atoms with Crippen LogP contribution in [-0.4, -0.2) is 22.6 Å². The molecule has 0 radical (unpaired) electrons. The first-order valence-corrected chi connectivity index (χ1v) is 6.69. The van der Waals surface area contributed by atoms with Crippen LogP contribution in [0.5, 0.6) is 0 Å². The van der Waals surface area contributed by atoms with E-state index in [4.69, 9.17) is 5.11 Å². The van der Waals surface area contributed by atoms with Crippen molar-refractivity contribution in [2.24, 2.45) is 0 Å². The number of halogens is 1. The zero-order valence-corrected chi connectivity index (χ0v) is 11.8. The Morgan fingerprint density at radius 3 is 2.71 bits per heavy atom. The maximum absolute atomic E-state index is 13.8. The van der Waals surface area contributed by atoms with E-state index in [0.29, 0.717) is 11.4 Å². The number of aryl methyl sites for hydroxylation is 1. The topological polar surface area (TPSA) is 53.4 Å². The van der Waals surface area contributed by atoms with Crippen molar-refractivity contribution in [3.8, 4) is 0 Å². The van der Waals surface area contributed by atoms with Crippen molar-refractivity contribution in [3.63, 3.8) is 0 Å². The van der Waals surface area contributed by atoms with Crippen molar-refractivity contribution in [1.82, 2.24) is 4.98 Å². The standard InChI is InChI=1S/C16H17FN2O2/c1-12-5-4-9-18-16(12)19(10-8-15(20)21)11-13-6-2-3-7-14(13)17/h2-7,9H,8,10-11H2,1H3,(H,20,21). The summed E-state index contributed by atoms with van der Waals surface area (Å²) < 4.78 is 13.8. The number of aliphatic carboxylic acids is 1. The highest BCUT2D eigenvalue weighted by molar-refractivity contribution is 5.67. The molecule has 2 rings (SSSR count). The maximum atomic E-state index is 13.8. The van der Waals surface area contributed by atoms with Gasteiger partial charge < -0.3 is 10.0 Å². The number of benzene rings is 1. The number of carboxylic acids is 1. The van der Waals surface area contributed by atoms with Crippen LogP contribution in [-0.2, 0) is 11.3 Å². The van der Waals surface area contributed by atoms with Gasteiger partial charge in [0.05, 0.1) is 6.42 Å². The molecule has 0 aliphatic carbocycles. The fraction of sp³-hybridized carbons (Fsp3) is 0.250. The minimum absolute atomic E-state index is 0.0233. The maximum Gasteiger partial charge on any atom is 0.305 e. The quantitative estimate of drug-likeness (QED) is 0.887. The molecule has 1 aromatic heterocycles. The van der Waals surface area contributed by atoms with Crippen LogP contribution in [0.4, 0.5) is 10.2 Å². The van der Waals surface area contributed by atoms with Gasteiger partial charge in [-0.3, -0.25) is 4.79 Å². The van der Waals surface area contributed by atoms with Gasteiger partial charge >= 0.3 is 5.97 Å². The molecule has 2 aromatic rings. The molecule has 0 atom stereocenters. The van der Waals surface area contributed by atoms with Crippen molar-refractivity contribution in [2.45, 2.75) is 19.9 Å². The van der Waals surface area contributed by atoms with Crippen LogP contribution in [0.2, 0.25) is 0 Å². The Bertz CT molecular complexity index is 631. The summed E-state index contributed by atoms with van der Waals surface area (Å²) in [6.45, 7) is 2.47. The number of carbonyl (C=O) groups is 1. The molecular formula is C16H17FN2O2. The fourth-order valence-corrected chi connectivity index (χ4v) is 2.13. The van der Waals surface area contributed by atoms with Gasteiger partial charge in [0.1, 0.15) is 11.6 Å². The molecule has 0 bridgehead atoms. The number of anilines is 1. The van der Waals surface area contributed by atoms with E-state index in [1.165, 1.54) is 6.07 Å². The van der Waals surface area contributed by atoms with E-state index in [9.17, 15) is 9.18 Å². The first-order chi connectivity index (χ1) is 10.1. The molecule has 1 aromatic carbocycles. The summed E-state index contributed by atoms with van der Waals surface area (Å²) in [7, 11) is 0. The Kier molecular flexibility index (Phi) is 4.87. The van der Waals surface area contributed by atoms with E-state index < -0.39 is 5.97 Å². The zero-order valence-electron chi connectivity index (χ0n) is 11.8. The van der Waals surface area contributed by atoms with Crippen LogP contribution in [0.3, 0.4) is 0 Å². The minimum atomic E-state index is -0.887. The minimum Gasteiger partial charge on any atom is -0.481 e. The molecule has 0 amide bonds.